The van der Waals surface area contributed by atoms with Crippen molar-refractivity contribution in [1.82, 2.24) is 24.2 Å². The summed E-state index contributed by atoms with van der Waals surface area (Å²) in [4.78, 5) is 41.4. The normalized spacial score (nSPS) is 15.1. The van der Waals surface area contributed by atoms with Gasteiger partial charge in [-0.1, -0.05) is 11.6 Å². The van der Waals surface area contributed by atoms with Gasteiger partial charge in [0.25, 0.3) is 5.91 Å². The number of aryl methyl sites for hydroxylation is 2. The van der Waals surface area contributed by atoms with Gasteiger partial charge in [0.2, 0.25) is 11.9 Å². The molecule has 0 unspecified atom stereocenters. The number of likely N-dealkylation sites (tertiary alicyclic amines) is 1. The molecule has 0 atom stereocenters. The smallest absolute Gasteiger partial charge is 0.265 e. The molecule has 3 N–H and O–H groups in total. The molecule has 5 heterocycles. The molecule has 3 aromatic heterocycles. The van der Waals surface area contributed by atoms with Gasteiger partial charge in [0.05, 0.1) is 18.1 Å². The molecule has 2 aliphatic heterocycles. The van der Waals surface area contributed by atoms with E-state index in [0.717, 1.165) is 47.5 Å². The Morgan fingerprint density at radius 1 is 1.05 bits per heavy atom. The number of pyridine rings is 1. The number of piperidine rings is 1. The summed E-state index contributed by atoms with van der Waals surface area (Å²) in [5, 5.41) is 10.0. The molecule has 2 amide bonds. The second-order valence-electron chi connectivity index (χ2n) is 9.96. The summed E-state index contributed by atoms with van der Waals surface area (Å²) in [6.45, 7) is 1.30. The van der Waals surface area contributed by atoms with Gasteiger partial charge in [0.1, 0.15) is 9.90 Å². The van der Waals surface area contributed by atoms with E-state index in [-0.39, 0.29) is 17.7 Å². The molecule has 6 rings (SSSR count). The van der Waals surface area contributed by atoms with Crippen molar-refractivity contribution in [3.63, 3.8) is 0 Å². The fourth-order valence-corrected chi connectivity index (χ4v) is 5.74. The van der Waals surface area contributed by atoms with E-state index in [2.05, 4.69) is 35.3 Å². The molecule has 204 valence electrons. The van der Waals surface area contributed by atoms with Crippen LogP contribution in [0.1, 0.15) is 40.1 Å². The van der Waals surface area contributed by atoms with Crippen LogP contribution in [0.25, 0.3) is 0 Å². The van der Waals surface area contributed by atoms with Crippen molar-refractivity contribution in [2.24, 2.45) is 5.92 Å². The van der Waals surface area contributed by atoms with E-state index >= 15 is 0 Å². The van der Waals surface area contributed by atoms with Crippen LogP contribution in [0.3, 0.4) is 0 Å². The van der Waals surface area contributed by atoms with E-state index in [9.17, 15) is 9.59 Å². The first-order valence-corrected chi connectivity index (χ1v) is 14.3. The summed E-state index contributed by atoms with van der Waals surface area (Å²) in [6.07, 6.45) is 10.2. The summed E-state index contributed by atoms with van der Waals surface area (Å²) >= 11 is 7.59. The maximum Gasteiger partial charge on any atom is 0.265 e. The summed E-state index contributed by atoms with van der Waals surface area (Å²) in [5.41, 5.74) is 4.41. The number of hydrogen-bond donors (Lipinski definition) is 3. The molecule has 1 saturated heterocycles. The number of hydrogen-bond acceptors (Lipinski definition) is 9. The van der Waals surface area contributed by atoms with Gasteiger partial charge in [-0.2, -0.15) is 4.98 Å². The van der Waals surface area contributed by atoms with Gasteiger partial charge >= 0.3 is 0 Å². The Balaban J connectivity index is 1.15. The molecular formula is C28H27ClN8O2S. The van der Waals surface area contributed by atoms with Crippen molar-refractivity contribution in [3.05, 3.63) is 76.1 Å². The zero-order chi connectivity index (χ0) is 27.5. The van der Waals surface area contributed by atoms with Gasteiger partial charge in [0, 0.05) is 43.3 Å². The fourth-order valence-electron chi connectivity index (χ4n) is 5.04. The van der Waals surface area contributed by atoms with Crippen molar-refractivity contribution in [3.8, 4) is 0 Å². The van der Waals surface area contributed by atoms with Gasteiger partial charge in [-0.25, -0.2) is 9.36 Å². The van der Waals surface area contributed by atoms with Crippen LogP contribution in [0.4, 0.5) is 28.8 Å². The zero-order valence-corrected chi connectivity index (χ0v) is 23.1. The average molecular weight is 575 g/mol. The molecule has 6 bridgehead atoms. The number of rotatable bonds is 4. The number of carbonyl (C=O) groups excluding carboxylic acids is 2. The lowest BCUT2D eigenvalue weighted by atomic mass is 9.93. The SMILES string of the molecule is O=C(CC1CCN(C(=O)c2ccns2)CC1)Nc1ccc2cc1CCc1cncc(c1)Nc1ncc(Cl)c(n1)N2. The first-order valence-electron chi connectivity index (χ1n) is 13.1. The highest BCUT2D eigenvalue weighted by atomic mass is 35.5. The largest absolute Gasteiger partial charge is 0.339 e. The van der Waals surface area contributed by atoms with E-state index in [1.165, 1.54) is 11.5 Å². The van der Waals surface area contributed by atoms with E-state index in [4.69, 9.17) is 11.6 Å². The second-order valence-corrected chi connectivity index (χ2v) is 11.2. The van der Waals surface area contributed by atoms with Crippen LogP contribution in [0, 0.1) is 5.92 Å². The lowest BCUT2D eigenvalue weighted by Crippen LogP contribution is -2.38. The molecule has 0 spiro atoms. The number of nitrogens with zero attached hydrogens (tertiary/aromatic N) is 5. The van der Waals surface area contributed by atoms with E-state index in [1.54, 1.807) is 24.7 Å². The lowest BCUT2D eigenvalue weighted by Gasteiger charge is -2.31. The quantitative estimate of drug-likeness (QED) is 0.294. The fraction of sp³-hybridized carbons (Fsp3) is 0.286. The Hall–Kier alpha value is -4.09. The number of fused-ring (bicyclic) bond motifs is 6. The van der Waals surface area contributed by atoms with Gasteiger partial charge in [-0.15, -0.1) is 0 Å². The monoisotopic (exact) mass is 574 g/mol. The average Bonchev–Trinajstić information content (AvgIpc) is 3.50. The Morgan fingerprint density at radius 3 is 2.75 bits per heavy atom. The van der Waals surface area contributed by atoms with Crippen molar-refractivity contribution < 1.29 is 9.59 Å². The number of anilines is 5. The molecule has 12 heteroatoms. The minimum atomic E-state index is -0.0246. The summed E-state index contributed by atoms with van der Waals surface area (Å²) < 4.78 is 4.03. The topological polar surface area (TPSA) is 125 Å². The molecule has 0 saturated carbocycles. The van der Waals surface area contributed by atoms with Gasteiger partial charge in [0.15, 0.2) is 5.82 Å². The molecule has 2 aliphatic rings. The minimum absolute atomic E-state index is 0.0232. The Labute approximate surface area is 240 Å². The number of nitrogens with one attached hydrogen (secondary N) is 3. The maximum absolute atomic E-state index is 13.1. The number of aromatic nitrogens is 4. The minimum Gasteiger partial charge on any atom is -0.339 e. The highest BCUT2D eigenvalue weighted by molar-refractivity contribution is 7.08. The van der Waals surface area contributed by atoms with Crippen molar-refractivity contribution in [2.45, 2.75) is 32.1 Å². The predicted molar refractivity (Wildman–Crippen MR) is 156 cm³/mol. The Kier molecular flexibility index (Phi) is 7.56. The standard InChI is InChI=1S/C28H27ClN8O2S/c29-22-16-31-28-34-21-11-18(14-30-15-21)1-2-19-13-20(33-26(22)36-28)3-4-23(19)35-25(38)12-17-6-9-37(10-7-17)27(39)24-5-8-32-40-24/h3-5,8,11,13-17H,1-2,6-7,9-10,12H2,(H,35,38)(H2,31,33,34,36). The van der Waals surface area contributed by atoms with Crippen LogP contribution < -0.4 is 16.0 Å². The number of halogens is 1. The Bertz CT molecular complexity index is 1540. The second kappa shape index (κ2) is 11.6. The summed E-state index contributed by atoms with van der Waals surface area (Å²) in [6, 6.07) is 9.59. The third-order valence-corrected chi connectivity index (χ3v) is 8.16. The van der Waals surface area contributed by atoms with E-state index in [0.29, 0.717) is 47.6 Å². The lowest BCUT2D eigenvalue weighted by molar-refractivity contribution is -0.117. The van der Waals surface area contributed by atoms with Crippen LogP contribution >= 0.6 is 23.1 Å². The summed E-state index contributed by atoms with van der Waals surface area (Å²) in [7, 11) is 0. The zero-order valence-electron chi connectivity index (χ0n) is 21.6. The highest BCUT2D eigenvalue weighted by Crippen LogP contribution is 2.30. The molecular weight excluding hydrogens is 548 g/mol. The molecule has 1 aromatic carbocycles. The van der Waals surface area contributed by atoms with E-state index in [1.807, 2.05) is 35.4 Å². The van der Waals surface area contributed by atoms with Crippen LogP contribution in [0.15, 0.2) is 55.1 Å². The first-order chi connectivity index (χ1) is 19.5. The predicted octanol–water partition coefficient (Wildman–Crippen LogP) is 5.45. The molecule has 10 nitrogen and oxygen atoms in total. The molecule has 40 heavy (non-hydrogen) atoms. The van der Waals surface area contributed by atoms with Crippen LogP contribution in [0.2, 0.25) is 5.02 Å². The van der Waals surface area contributed by atoms with Gasteiger partial charge in [-0.05, 0) is 84.6 Å². The van der Waals surface area contributed by atoms with Crippen molar-refractivity contribution in [1.29, 1.82) is 0 Å². The number of amides is 2. The van der Waals surface area contributed by atoms with Gasteiger partial charge < -0.3 is 20.9 Å². The third-order valence-electron chi connectivity index (χ3n) is 7.14. The van der Waals surface area contributed by atoms with Gasteiger partial charge in [-0.3, -0.25) is 14.6 Å². The van der Waals surface area contributed by atoms with Crippen molar-refractivity contribution in [2.75, 3.05) is 29.0 Å². The Morgan fingerprint density at radius 2 is 1.93 bits per heavy atom. The highest BCUT2D eigenvalue weighted by Gasteiger charge is 2.26. The molecule has 4 aromatic rings. The van der Waals surface area contributed by atoms with Crippen molar-refractivity contribution >= 4 is 63.8 Å². The van der Waals surface area contributed by atoms with Crippen LogP contribution in [0.5, 0.6) is 0 Å². The number of benzene rings is 1. The number of carbonyl (C=O) groups is 2. The summed E-state index contributed by atoms with van der Waals surface area (Å²) in [5.74, 6) is 1.11. The molecule has 1 fully saturated rings. The molecule has 0 aliphatic carbocycles. The third kappa shape index (κ3) is 6.05. The van der Waals surface area contributed by atoms with Crippen LogP contribution in [-0.2, 0) is 17.6 Å². The first kappa shape index (κ1) is 26.1. The maximum atomic E-state index is 13.1. The van der Waals surface area contributed by atoms with E-state index < -0.39 is 0 Å². The van der Waals surface area contributed by atoms with Crippen LogP contribution in [-0.4, -0.2) is 49.1 Å². The molecule has 0 radical (unpaired) electrons.